The Balaban J connectivity index is 3.21. The van der Waals surface area contributed by atoms with Crippen molar-refractivity contribution in [3.63, 3.8) is 0 Å². The van der Waals surface area contributed by atoms with Crippen molar-refractivity contribution in [1.82, 2.24) is 5.32 Å². The highest BCUT2D eigenvalue weighted by molar-refractivity contribution is 6.00. The normalized spacial score (nSPS) is 13.3. The van der Waals surface area contributed by atoms with Crippen LogP contribution in [0.1, 0.15) is 17.3 Å². The van der Waals surface area contributed by atoms with Crippen LogP contribution in [0.2, 0.25) is 0 Å². The molecule has 1 aromatic rings. The first kappa shape index (κ1) is 16.4. The molecule has 0 aliphatic carbocycles. The monoisotopic (exact) mass is 304 g/mol. The van der Waals surface area contributed by atoms with Crippen molar-refractivity contribution in [2.24, 2.45) is 0 Å². The number of nitrogens with one attached hydrogen (secondary N) is 1. The third-order valence-electron chi connectivity index (χ3n) is 2.51. The minimum atomic E-state index is -1.76. The average Bonchev–Trinajstić information content (AvgIpc) is 2.37. The number of carboxylic acids is 1. The molecule has 0 saturated heterocycles. The van der Waals surface area contributed by atoms with Crippen molar-refractivity contribution in [2.75, 3.05) is 0 Å². The second-order valence-corrected chi connectivity index (χ2v) is 4.07. The minimum absolute atomic E-state index is 0.211. The van der Waals surface area contributed by atoms with Crippen LogP contribution in [0.5, 0.6) is 0 Å². The predicted octanol–water partition coefficient (Wildman–Crippen LogP) is 0.437. The van der Waals surface area contributed by atoms with Crippen LogP contribution in [0.15, 0.2) is 12.1 Å². The predicted molar refractivity (Wildman–Crippen MR) is 63.6 cm³/mol. The van der Waals surface area contributed by atoms with E-state index in [0.29, 0.717) is 0 Å². The summed E-state index contributed by atoms with van der Waals surface area (Å²) >= 11 is 0. The van der Waals surface area contributed by atoms with E-state index >= 15 is 0 Å². The van der Waals surface area contributed by atoms with Gasteiger partial charge in [0.2, 0.25) is 0 Å². The maximum Gasteiger partial charge on any atom is 0.328 e. The number of carboxylic acid groups (broad SMARTS) is 1. The molecule has 8 nitrogen and oxygen atoms in total. The zero-order valence-corrected chi connectivity index (χ0v) is 10.5. The van der Waals surface area contributed by atoms with Crippen LogP contribution in [-0.2, 0) is 4.79 Å². The summed E-state index contributed by atoms with van der Waals surface area (Å²) < 4.78 is 26.1. The summed E-state index contributed by atoms with van der Waals surface area (Å²) in [4.78, 5) is 32.2. The van der Waals surface area contributed by atoms with E-state index in [0.717, 1.165) is 6.92 Å². The number of benzene rings is 1. The van der Waals surface area contributed by atoms with Crippen LogP contribution in [0.3, 0.4) is 0 Å². The van der Waals surface area contributed by atoms with Gasteiger partial charge in [0.05, 0.1) is 17.1 Å². The summed E-state index contributed by atoms with van der Waals surface area (Å²) in [6.07, 6.45) is -1.50. The van der Waals surface area contributed by atoms with Crippen molar-refractivity contribution < 1.29 is 33.5 Å². The van der Waals surface area contributed by atoms with Gasteiger partial charge >= 0.3 is 5.97 Å². The summed E-state index contributed by atoms with van der Waals surface area (Å²) in [6, 6.07) is -1.27. The Bertz CT molecular complexity index is 605. The number of carbonyl (C=O) groups excluding carboxylic acids is 1. The Kier molecular flexibility index (Phi) is 4.87. The minimum Gasteiger partial charge on any atom is -0.480 e. The molecule has 0 radical (unpaired) electrons. The highest BCUT2D eigenvalue weighted by Crippen LogP contribution is 2.22. The molecule has 0 saturated carbocycles. The standard InChI is InChI=1S/C11H10F2N2O6/c1-4(16)9(11(18)19)14-10(17)5-2-6(12)7(13)3-8(5)15(20)21/h2-4,9,16H,1H3,(H,14,17)(H,18,19)/t4-,9+/m1/s1. The van der Waals surface area contributed by atoms with Crippen molar-refractivity contribution >= 4 is 17.6 Å². The maximum absolute atomic E-state index is 13.1. The van der Waals surface area contributed by atoms with Gasteiger partial charge in [0.15, 0.2) is 17.7 Å². The molecule has 3 N–H and O–H groups in total. The lowest BCUT2D eigenvalue weighted by atomic mass is 10.1. The molecule has 1 rings (SSSR count). The molecule has 1 aromatic carbocycles. The van der Waals surface area contributed by atoms with E-state index in [1.54, 1.807) is 5.32 Å². The van der Waals surface area contributed by atoms with Crippen molar-refractivity contribution in [3.8, 4) is 0 Å². The molecule has 0 heterocycles. The fourth-order valence-corrected chi connectivity index (χ4v) is 1.48. The van der Waals surface area contributed by atoms with Gasteiger partial charge in [-0.05, 0) is 13.0 Å². The smallest absolute Gasteiger partial charge is 0.328 e. The molecular weight excluding hydrogens is 294 g/mol. The number of aliphatic hydroxyl groups excluding tert-OH is 1. The molecule has 0 fully saturated rings. The Morgan fingerprint density at radius 2 is 1.86 bits per heavy atom. The molecule has 114 valence electrons. The van der Waals surface area contributed by atoms with Crippen molar-refractivity contribution in [3.05, 3.63) is 39.4 Å². The highest BCUT2D eigenvalue weighted by atomic mass is 19.2. The number of amides is 1. The first-order chi connectivity index (χ1) is 9.65. The van der Waals surface area contributed by atoms with Crippen LogP contribution < -0.4 is 5.32 Å². The Hall–Kier alpha value is -2.62. The van der Waals surface area contributed by atoms with E-state index < -0.39 is 51.8 Å². The van der Waals surface area contributed by atoms with Crippen molar-refractivity contribution in [1.29, 1.82) is 0 Å². The van der Waals surface area contributed by atoms with Crippen LogP contribution in [0.4, 0.5) is 14.5 Å². The van der Waals surface area contributed by atoms with Crippen LogP contribution in [-0.4, -0.2) is 39.2 Å². The third-order valence-corrected chi connectivity index (χ3v) is 2.51. The summed E-state index contributed by atoms with van der Waals surface area (Å²) in [7, 11) is 0. The van der Waals surface area contributed by atoms with Crippen LogP contribution >= 0.6 is 0 Å². The number of carbonyl (C=O) groups is 2. The lowest BCUT2D eigenvalue weighted by Gasteiger charge is -2.17. The Morgan fingerprint density at radius 3 is 2.29 bits per heavy atom. The van der Waals surface area contributed by atoms with E-state index in [1.165, 1.54) is 0 Å². The van der Waals surface area contributed by atoms with Gasteiger partial charge in [-0.25, -0.2) is 13.6 Å². The van der Waals surface area contributed by atoms with Gasteiger partial charge < -0.3 is 15.5 Å². The van der Waals surface area contributed by atoms with E-state index in [-0.39, 0.29) is 12.1 Å². The van der Waals surface area contributed by atoms with Crippen molar-refractivity contribution in [2.45, 2.75) is 19.1 Å². The van der Waals surface area contributed by atoms with E-state index in [9.17, 15) is 33.6 Å². The molecule has 21 heavy (non-hydrogen) atoms. The Labute approximate surface area is 116 Å². The summed E-state index contributed by atoms with van der Waals surface area (Å²) in [5.74, 6) is -5.95. The number of halogens is 2. The molecule has 0 aromatic heterocycles. The zero-order valence-electron chi connectivity index (χ0n) is 10.5. The lowest BCUT2D eigenvalue weighted by molar-refractivity contribution is -0.385. The number of nitro benzene ring substituents is 1. The quantitative estimate of drug-likeness (QED) is 0.534. The van der Waals surface area contributed by atoms with E-state index in [4.69, 9.17) is 5.11 Å². The largest absolute Gasteiger partial charge is 0.480 e. The number of hydrogen-bond donors (Lipinski definition) is 3. The van der Waals surface area contributed by atoms with Gasteiger partial charge in [-0.3, -0.25) is 14.9 Å². The molecule has 2 atom stereocenters. The van der Waals surface area contributed by atoms with E-state index in [1.807, 2.05) is 0 Å². The number of aliphatic hydroxyl groups is 1. The third kappa shape index (κ3) is 3.69. The van der Waals surface area contributed by atoms with Crippen LogP contribution in [0, 0.1) is 21.7 Å². The van der Waals surface area contributed by atoms with Gasteiger partial charge in [-0.15, -0.1) is 0 Å². The lowest BCUT2D eigenvalue weighted by Crippen LogP contribution is -2.47. The van der Waals surface area contributed by atoms with Gasteiger partial charge in [-0.1, -0.05) is 0 Å². The fourth-order valence-electron chi connectivity index (χ4n) is 1.48. The second-order valence-electron chi connectivity index (χ2n) is 4.07. The molecule has 1 amide bonds. The average molecular weight is 304 g/mol. The molecule has 0 aliphatic rings. The van der Waals surface area contributed by atoms with E-state index in [2.05, 4.69) is 0 Å². The van der Waals surface area contributed by atoms with Crippen LogP contribution in [0.25, 0.3) is 0 Å². The molecule has 0 spiro atoms. The highest BCUT2D eigenvalue weighted by Gasteiger charge is 2.29. The summed E-state index contributed by atoms with van der Waals surface area (Å²) in [5.41, 5.74) is -1.88. The maximum atomic E-state index is 13.1. The fraction of sp³-hybridized carbons (Fsp3) is 0.273. The summed E-state index contributed by atoms with van der Waals surface area (Å²) in [6.45, 7) is 1.07. The molecule has 0 aliphatic heterocycles. The van der Waals surface area contributed by atoms with Gasteiger partial charge in [-0.2, -0.15) is 0 Å². The van der Waals surface area contributed by atoms with Gasteiger partial charge in [0.1, 0.15) is 5.56 Å². The molecule has 0 unspecified atom stereocenters. The number of rotatable bonds is 5. The molecule has 10 heteroatoms. The topological polar surface area (TPSA) is 130 Å². The molecule has 0 bridgehead atoms. The SMILES string of the molecule is C[C@@H](O)[C@H](NC(=O)c1cc(F)c(F)cc1[N+](=O)[O-])C(=O)O. The number of hydrogen-bond acceptors (Lipinski definition) is 5. The number of nitro groups is 1. The Morgan fingerprint density at radius 1 is 1.33 bits per heavy atom. The molecular formula is C11H10F2N2O6. The first-order valence-electron chi connectivity index (χ1n) is 5.50. The zero-order chi connectivity index (χ0) is 16.3. The van der Waals surface area contributed by atoms with Gasteiger partial charge in [0, 0.05) is 0 Å². The number of nitrogens with zero attached hydrogens (tertiary/aromatic N) is 1. The second kappa shape index (κ2) is 6.22. The number of aliphatic carboxylic acids is 1. The van der Waals surface area contributed by atoms with Gasteiger partial charge in [0.25, 0.3) is 11.6 Å². The summed E-state index contributed by atoms with van der Waals surface area (Å²) in [5, 5.41) is 30.5. The first-order valence-corrected chi connectivity index (χ1v) is 5.50.